The van der Waals surface area contributed by atoms with Crippen LogP contribution < -0.4 is 19.1 Å². The first-order valence-corrected chi connectivity index (χ1v) is 12.8. The van der Waals surface area contributed by atoms with Crippen molar-refractivity contribution in [3.63, 3.8) is 0 Å². The number of sulfonamides is 1. The Kier molecular flexibility index (Phi) is 8.22. The van der Waals surface area contributed by atoms with E-state index in [-0.39, 0.29) is 10.9 Å². The van der Waals surface area contributed by atoms with Gasteiger partial charge in [0.05, 0.1) is 35.3 Å². The minimum absolute atomic E-state index is 0.0336. The molecule has 34 heavy (non-hydrogen) atoms. The highest BCUT2D eigenvalue weighted by molar-refractivity contribution is 9.10. The fraction of sp³-hybridized carbons (Fsp3) is 0.240. The molecule has 1 amide bonds. The number of rotatable bonds is 9. The Hall–Kier alpha value is -3.04. The number of methoxy groups -OCH3 is 2. The van der Waals surface area contributed by atoms with Gasteiger partial charge in [-0.05, 0) is 66.2 Å². The second kappa shape index (κ2) is 10.9. The molecule has 0 aromatic heterocycles. The van der Waals surface area contributed by atoms with Crippen LogP contribution >= 0.6 is 15.9 Å². The number of nitrogens with zero attached hydrogens (tertiary/aromatic N) is 1. The normalized spacial score (nSPS) is 12.0. The van der Waals surface area contributed by atoms with Crippen LogP contribution in [0.15, 0.2) is 76.1 Å². The maximum Gasteiger partial charge on any atom is 0.264 e. The smallest absolute Gasteiger partial charge is 0.264 e. The molecule has 0 aliphatic heterocycles. The second-order valence-corrected chi connectivity index (χ2v) is 10.4. The summed E-state index contributed by atoms with van der Waals surface area (Å²) in [5, 5.41) is 2.88. The number of halogens is 1. The summed E-state index contributed by atoms with van der Waals surface area (Å²) in [5.41, 5.74) is 2.15. The second-order valence-electron chi connectivity index (χ2n) is 7.67. The van der Waals surface area contributed by atoms with Gasteiger partial charge in [-0.3, -0.25) is 9.10 Å². The predicted molar refractivity (Wildman–Crippen MR) is 136 cm³/mol. The number of carbonyl (C=O) groups excluding carboxylic acids is 1. The van der Waals surface area contributed by atoms with Gasteiger partial charge in [-0.15, -0.1) is 0 Å². The summed E-state index contributed by atoms with van der Waals surface area (Å²) in [6.07, 6.45) is 0. The van der Waals surface area contributed by atoms with Crippen molar-refractivity contribution >= 4 is 37.5 Å². The standard InChI is InChI=1S/C25H27BrN2O5S/c1-17-9-11-19(12-10-17)28(34(30,31)20-13-14-24(33-4)22(26)15-20)16-25(29)27-18(2)21-7-5-6-8-23(21)32-3/h5-15,18H,16H2,1-4H3,(H,27,29)/t18-/m1/s1. The maximum atomic E-state index is 13.6. The number of amides is 1. The molecule has 3 rings (SSSR count). The summed E-state index contributed by atoms with van der Waals surface area (Å²) < 4.78 is 39.4. The molecule has 0 unspecified atom stereocenters. The third-order valence-electron chi connectivity index (χ3n) is 5.30. The van der Waals surface area contributed by atoms with Crippen LogP contribution in [0.1, 0.15) is 24.1 Å². The zero-order valence-corrected chi connectivity index (χ0v) is 21.8. The maximum absolute atomic E-state index is 13.6. The number of benzene rings is 3. The lowest BCUT2D eigenvalue weighted by Gasteiger charge is -2.25. The molecule has 1 N–H and O–H groups in total. The van der Waals surface area contributed by atoms with Gasteiger partial charge in [0.25, 0.3) is 10.0 Å². The lowest BCUT2D eigenvalue weighted by Crippen LogP contribution is -2.41. The molecule has 0 aliphatic carbocycles. The SMILES string of the molecule is COc1ccc(S(=O)(=O)N(CC(=O)N[C@H](C)c2ccccc2OC)c2ccc(C)cc2)cc1Br. The van der Waals surface area contributed by atoms with Gasteiger partial charge in [0.2, 0.25) is 5.91 Å². The fourth-order valence-corrected chi connectivity index (χ4v) is 5.62. The molecule has 0 spiro atoms. The highest BCUT2D eigenvalue weighted by Crippen LogP contribution is 2.31. The number of para-hydroxylation sites is 1. The van der Waals surface area contributed by atoms with E-state index in [1.54, 1.807) is 37.4 Å². The van der Waals surface area contributed by atoms with E-state index in [1.807, 2.05) is 38.1 Å². The van der Waals surface area contributed by atoms with E-state index < -0.39 is 22.5 Å². The van der Waals surface area contributed by atoms with E-state index in [9.17, 15) is 13.2 Å². The van der Waals surface area contributed by atoms with E-state index in [1.165, 1.54) is 19.2 Å². The van der Waals surface area contributed by atoms with E-state index in [0.717, 1.165) is 15.4 Å². The Bertz CT molecular complexity index is 1260. The molecule has 0 saturated heterocycles. The number of hydrogen-bond acceptors (Lipinski definition) is 5. The highest BCUT2D eigenvalue weighted by Gasteiger charge is 2.28. The summed E-state index contributed by atoms with van der Waals surface area (Å²) in [7, 11) is -0.999. The quantitative estimate of drug-likeness (QED) is 0.414. The van der Waals surface area contributed by atoms with Crippen molar-refractivity contribution < 1.29 is 22.7 Å². The Labute approximate surface area is 208 Å². The van der Waals surface area contributed by atoms with Crippen LogP contribution in [-0.2, 0) is 14.8 Å². The van der Waals surface area contributed by atoms with Crippen LogP contribution in [0, 0.1) is 6.92 Å². The summed E-state index contributed by atoms with van der Waals surface area (Å²) in [4.78, 5) is 13.1. The van der Waals surface area contributed by atoms with Gasteiger partial charge in [-0.1, -0.05) is 35.9 Å². The summed E-state index contributed by atoms with van der Waals surface area (Å²) in [6.45, 7) is 3.33. The van der Waals surface area contributed by atoms with Crippen molar-refractivity contribution in [1.29, 1.82) is 0 Å². The number of carbonyl (C=O) groups is 1. The van der Waals surface area contributed by atoms with Crippen molar-refractivity contribution in [3.05, 3.63) is 82.3 Å². The van der Waals surface area contributed by atoms with Crippen molar-refractivity contribution in [2.24, 2.45) is 0 Å². The molecule has 7 nitrogen and oxygen atoms in total. The monoisotopic (exact) mass is 546 g/mol. The van der Waals surface area contributed by atoms with Gasteiger partial charge in [-0.25, -0.2) is 8.42 Å². The number of ether oxygens (including phenoxy) is 2. The molecule has 3 aromatic carbocycles. The third-order valence-corrected chi connectivity index (χ3v) is 7.69. The molecule has 9 heteroatoms. The number of nitrogens with one attached hydrogen (secondary N) is 1. The van der Waals surface area contributed by atoms with E-state index >= 15 is 0 Å². The average molecular weight is 547 g/mol. The molecule has 0 saturated carbocycles. The van der Waals surface area contributed by atoms with Gasteiger partial charge >= 0.3 is 0 Å². The lowest BCUT2D eigenvalue weighted by atomic mass is 10.1. The van der Waals surface area contributed by atoms with E-state index in [4.69, 9.17) is 9.47 Å². The number of hydrogen-bond donors (Lipinski definition) is 1. The molecule has 0 fully saturated rings. The van der Waals surface area contributed by atoms with Crippen LogP contribution in [0.5, 0.6) is 11.5 Å². The van der Waals surface area contributed by atoms with Crippen molar-refractivity contribution in [2.45, 2.75) is 24.8 Å². The molecule has 0 heterocycles. The Morgan fingerprint density at radius 2 is 1.65 bits per heavy atom. The van der Waals surface area contributed by atoms with Crippen molar-refractivity contribution in [3.8, 4) is 11.5 Å². The van der Waals surface area contributed by atoms with Crippen molar-refractivity contribution in [1.82, 2.24) is 5.32 Å². The molecular weight excluding hydrogens is 520 g/mol. The van der Waals surface area contributed by atoms with Crippen molar-refractivity contribution in [2.75, 3.05) is 25.1 Å². The van der Waals surface area contributed by atoms with Gasteiger partial charge < -0.3 is 14.8 Å². The van der Waals surface area contributed by atoms with E-state index in [2.05, 4.69) is 21.2 Å². The van der Waals surface area contributed by atoms with Crippen LogP contribution in [0.25, 0.3) is 0 Å². The van der Waals surface area contributed by atoms with Crippen LogP contribution in [0.2, 0.25) is 0 Å². The Balaban J connectivity index is 1.93. The molecule has 0 aliphatic rings. The van der Waals surface area contributed by atoms with Crippen LogP contribution in [0.4, 0.5) is 5.69 Å². The first-order valence-electron chi connectivity index (χ1n) is 10.5. The van der Waals surface area contributed by atoms with Gasteiger partial charge in [-0.2, -0.15) is 0 Å². The molecule has 0 radical (unpaired) electrons. The topological polar surface area (TPSA) is 84.9 Å². The lowest BCUT2D eigenvalue weighted by molar-refractivity contribution is -0.120. The predicted octanol–water partition coefficient (Wildman–Crippen LogP) is 4.85. The summed E-state index contributed by atoms with van der Waals surface area (Å²) in [6, 6.07) is 18.4. The van der Waals surface area contributed by atoms with Crippen LogP contribution in [-0.4, -0.2) is 35.1 Å². The fourth-order valence-electron chi connectivity index (χ4n) is 3.48. The minimum Gasteiger partial charge on any atom is -0.496 e. The van der Waals surface area contributed by atoms with Gasteiger partial charge in [0.15, 0.2) is 0 Å². The van der Waals surface area contributed by atoms with Crippen LogP contribution in [0.3, 0.4) is 0 Å². The zero-order chi connectivity index (χ0) is 24.9. The van der Waals surface area contributed by atoms with Gasteiger partial charge in [0, 0.05) is 5.56 Å². The molecule has 180 valence electrons. The number of aryl methyl sites for hydroxylation is 1. The first kappa shape index (κ1) is 25.6. The first-order chi connectivity index (χ1) is 16.2. The van der Waals surface area contributed by atoms with Gasteiger partial charge in [0.1, 0.15) is 18.0 Å². The molecular formula is C25H27BrN2O5S. The third kappa shape index (κ3) is 5.71. The van der Waals surface area contributed by atoms with E-state index in [0.29, 0.717) is 21.7 Å². The summed E-state index contributed by atoms with van der Waals surface area (Å²) >= 11 is 3.34. The average Bonchev–Trinajstić information content (AvgIpc) is 2.83. The summed E-state index contributed by atoms with van der Waals surface area (Å²) in [5.74, 6) is 0.695. The minimum atomic E-state index is -4.06. The molecule has 1 atom stereocenters. The Morgan fingerprint density at radius 3 is 2.26 bits per heavy atom. The molecule has 0 bridgehead atoms. The zero-order valence-electron chi connectivity index (χ0n) is 19.4. The largest absolute Gasteiger partial charge is 0.496 e. The molecule has 3 aromatic rings. The highest BCUT2D eigenvalue weighted by atomic mass is 79.9. The number of anilines is 1. The Morgan fingerprint density at radius 1 is 1.00 bits per heavy atom.